The van der Waals surface area contributed by atoms with Crippen molar-refractivity contribution < 1.29 is 31.5 Å². The summed E-state index contributed by atoms with van der Waals surface area (Å²) in [7, 11) is 1.34. The van der Waals surface area contributed by atoms with Crippen molar-refractivity contribution in [2.45, 2.75) is 11.3 Å². The zero-order valence-corrected chi connectivity index (χ0v) is 10.8. The number of rotatable bonds is 4. The normalized spacial score (nSPS) is 21.6. The molecule has 1 fully saturated rings. The highest BCUT2D eigenvalue weighted by Crippen LogP contribution is 2.38. The van der Waals surface area contributed by atoms with Gasteiger partial charge in [-0.2, -0.15) is 0 Å². The molecule has 20 heavy (non-hydrogen) atoms. The van der Waals surface area contributed by atoms with Gasteiger partial charge in [-0.3, -0.25) is 4.79 Å². The quantitative estimate of drug-likeness (QED) is 0.305. The van der Waals surface area contributed by atoms with Crippen molar-refractivity contribution in [2.24, 2.45) is 0 Å². The second-order valence-corrected chi connectivity index (χ2v) is 5.04. The molecule has 2 unspecified atom stereocenters. The lowest BCUT2D eigenvalue weighted by atomic mass is 9.95. The predicted octanol–water partition coefficient (Wildman–Crippen LogP) is 2.26. The summed E-state index contributed by atoms with van der Waals surface area (Å²) in [4.78, 5) is 11.3. The number of methoxy groups -OCH3 is 1. The number of benzene rings is 1. The molecule has 1 aromatic carbocycles. The average Bonchev–Trinajstić information content (AvgIpc) is 2.42. The molecule has 1 saturated heterocycles. The number of β-lactam (4-membered cyclic amide) rings is 1. The van der Waals surface area contributed by atoms with Crippen molar-refractivity contribution in [2.75, 3.05) is 13.0 Å². The first-order valence-electron chi connectivity index (χ1n) is 5.32. The van der Waals surface area contributed by atoms with E-state index in [1.165, 1.54) is 7.11 Å². The summed E-state index contributed by atoms with van der Waals surface area (Å²) >= 11 is 0.901. The van der Waals surface area contributed by atoms with Crippen LogP contribution in [0.2, 0.25) is 0 Å². The Kier molecular flexibility index (Phi) is 4.19. The highest BCUT2D eigenvalue weighted by molar-refractivity contribution is 8.00. The van der Waals surface area contributed by atoms with Crippen LogP contribution in [0.4, 0.5) is 22.0 Å². The van der Waals surface area contributed by atoms with Crippen LogP contribution in [0.25, 0.3) is 0 Å². The van der Waals surface area contributed by atoms with Gasteiger partial charge in [0.1, 0.15) is 5.25 Å². The Hall–Kier alpha value is -1.35. The van der Waals surface area contributed by atoms with Crippen molar-refractivity contribution in [1.82, 2.24) is 5.32 Å². The first-order chi connectivity index (χ1) is 9.40. The lowest BCUT2D eigenvalue weighted by molar-refractivity contribution is -0.127. The fourth-order valence-corrected chi connectivity index (χ4v) is 2.70. The van der Waals surface area contributed by atoms with E-state index >= 15 is 0 Å². The molecule has 1 aliphatic rings. The van der Waals surface area contributed by atoms with Crippen LogP contribution in [0.5, 0.6) is 0 Å². The maximum Gasteiger partial charge on any atom is 0.236 e. The Balaban J connectivity index is 2.41. The molecule has 1 N–H and O–H groups in total. The number of carbonyl (C=O) groups excluding carboxylic acids is 1. The number of amides is 1. The van der Waals surface area contributed by atoms with E-state index < -0.39 is 51.8 Å². The maximum atomic E-state index is 13.6. The van der Waals surface area contributed by atoms with Gasteiger partial charge in [0.15, 0.2) is 23.3 Å². The molecular formula is C11H8F5NO2S. The molecule has 0 saturated carbocycles. The van der Waals surface area contributed by atoms with Gasteiger partial charge >= 0.3 is 0 Å². The topological polar surface area (TPSA) is 38.3 Å². The molecule has 1 aliphatic heterocycles. The monoisotopic (exact) mass is 313 g/mol. The van der Waals surface area contributed by atoms with Crippen molar-refractivity contribution in [3.63, 3.8) is 0 Å². The molecular weight excluding hydrogens is 305 g/mol. The molecule has 0 bridgehead atoms. The summed E-state index contributed by atoms with van der Waals surface area (Å²) in [6.45, 7) is 0. The van der Waals surface area contributed by atoms with Crippen molar-refractivity contribution in [1.29, 1.82) is 0 Å². The molecule has 1 heterocycles. The van der Waals surface area contributed by atoms with E-state index in [-0.39, 0.29) is 5.94 Å². The molecule has 110 valence electrons. The summed E-state index contributed by atoms with van der Waals surface area (Å²) in [6, 6.07) is -1.28. The number of nitrogens with one attached hydrogen (secondary N) is 1. The molecule has 2 atom stereocenters. The van der Waals surface area contributed by atoms with E-state index in [9.17, 15) is 26.7 Å². The first-order valence-corrected chi connectivity index (χ1v) is 6.37. The minimum atomic E-state index is -2.23. The second-order valence-electron chi connectivity index (χ2n) is 3.96. The van der Waals surface area contributed by atoms with Crippen LogP contribution in [-0.4, -0.2) is 24.2 Å². The third kappa shape index (κ3) is 2.24. The van der Waals surface area contributed by atoms with Crippen LogP contribution >= 0.6 is 11.8 Å². The van der Waals surface area contributed by atoms with E-state index in [2.05, 4.69) is 5.32 Å². The third-order valence-corrected chi connectivity index (χ3v) is 4.00. The van der Waals surface area contributed by atoms with Crippen LogP contribution in [0.1, 0.15) is 11.6 Å². The summed E-state index contributed by atoms with van der Waals surface area (Å²) in [5.41, 5.74) is -1.03. The minimum absolute atomic E-state index is 0.0456. The number of thioether (sulfide) groups is 1. The predicted molar refractivity (Wildman–Crippen MR) is 60.4 cm³/mol. The number of hydrogen-bond acceptors (Lipinski definition) is 3. The smallest absolute Gasteiger partial charge is 0.236 e. The van der Waals surface area contributed by atoms with Crippen LogP contribution in [0.3, 0.4) is 0 Å². The van der Waals surface area contributed by atoms with Gasteiger partial charge in [-0.25, -0.2) is 22.0 Å². The number of carbonyl (C=O) groups is 1. The van der Waals surface area contributed by atoms with E-state index in [4.69, 9.17) is 4.74 Å². The van der Waals surface area contributed by atoms with E-state index in [0.29, 0.717) is 0 Å². The van der Waals surface area contributed by atoms with Gasteiger partial charge in [-0.1, -0.05) is 0 Å². The molecule has 2 rings (SSSR count). The fourth-order valence-electron chi connectivity index (χ4n) is 1.80. The van der Waals surface area contributed by atoms with E-state index in [0.717, 1.165) is 11.8 Å². The van der Waals surface area contributed by atoms with Gasteiger partial charge in [-0.15, -0.1) is 11.8 Å². The summed E-state index contributed by atoms with van der Waals surface area (Å²) in [5, 5.41) is 1.15. The maximum absolute atomic E-state index is 13.6. The second kappa shape index (κ2) is 5.57. The molecule has 0 radical (unpaired) electrons. The van der Waals surface area contributed by atoms with Crippen molar-refractivity contribution in [3.8, 4) is 0 Å². The van der Waals surface area contributed by atoms with E-state index in [1.54, 1.807) is 0 Å². The molecule has 0 aliphatic carbocycles. The summed E-state index contributed by atoms with van der Waals surface area (Å²) < 4.78 is 71.0. The Morgan fingerprint density at radius 3 is 2.00 bits per heavy atom. The summed E-state index contributed by atoms with van der Waals surface area (Å²) in [5.74, 6) is -10.7. The lowest BCUT2D eigenvalue weighted by Gasteiger charge is -2.36. The molecule has 0 aromatic heterocycles. The largest absolute Gasteiger partial charge is 0.374 e. The van der Waals surface area contributed by atoms with Crippen LogP contribution < -0.4 is 5.32 Å². The van der Waals surface area contributed by atoms with Crippen LogP contribution in [0, 0.1) is 29.1 Å². The number of hydrogen-bond donors (Lipinski definition) is 1. The first kappa shape index (κ1) is 15.0. The molecule has 1 aromatic rings. The third-order valence-electron chi connectivity index (χ3n) is 2.78. The highest BCUT2D eigenvalue weighted by atomic mass is 32.2. The van der Waals surface area contributed by atoms with Gasteiger partial charge in [0.05, 0.1) is 17.5 Å². The molecule has 1 amide bonds. The Labute approximate surface area is 114 Å². The minimum Gasteiger partial charge on any atom is -0.374 e. The SMILES string of the molecule is COCSC1C(=O)NC1c1c(F)c(F)c(F)c(F)c1F. The summed E-state index contributed by atoms with van der Waals surface area (Å²) in [6.07, 6.45) is 0. The lowest BCUT2D eigenvalue weighted by Crippen LogP contribution is -2.55. The van der Waals surface area contributed by atoms with Gasteiger partial charge in [0.25, 0.3) is 0 Å². The Morgan fingerprint density at radius 1 is 1.05 bits per heavy atom. The zero-order chi connectivity index (χ0) is 15.0. The van der Waals surface area contributed by atoms with Crippen LogP contribution in [-0.2, 0) is 9.53 Å². The fraction of sp³-hybridized carbons (Fsp3) is 0.364. The van der Waals surface area contributed by atoms with Gasteiger partial charge < -0.3 is 10.1 Å². The number of halogens is 5. The van der Waals surface area contributed by atoms with Crippen LogP contribution in [0.15, 0.2) is 0 Å². The molecule has 0 spiro atoms. The average molecular weight is 313 g/mol. The Morgan fingerprint density at radius 2 is 1.55 bits per heavy atom. The molecule has 9 heteroatoms. The van der Waals surface area contributed by atoms with Crippen molar-refractivity contribution >= 4 is 17.7 Å². The van der Waals surface area contributed by atoms with Crippen molar-refractivity contribution in [3.05, 3.63) is 34.6 Å². The highest BCUT2D eigenvalue weighted by Gasteiger charge is 2.45. The van der Waals surface area contributed by atoms with Gasteiger partial charge in [0.2, 0.25) is 11.7 Å². The standard InChI is InChI=1S/C11H8F5NO2S/c1-19-2-20-10-9(17-11(10)18)3-4(12)6(14)8(16)7(15)5(3)13/h9-10H,2H2,1H3,(H,17,18). The number of ether oxygens (including phenoxy) is 1. The van der Waals surface area contributed by atoms with Gasteiger partial charge in [-0.05, 0) is 0 Å². The zero-order valence-electron chi connectivity index (χ0n) is 9.98. The van der Waals surface area contributed by atoms with Gasteiger partial charge in [0, 0.05) is 7.11 Å². The Bertz CT molecular complexity index is 539. The van der Waals surface area contributed by atoms with E-state index in [1.807, 2.05) is 0 Å². The molecule has 3 nitrogen and oxygen atoms in total.